The van der Waals surface area contributed by atoms with Crippen LogP contribution in [-0.2, 0) is 0 Å². The molecule has 0 unspecified atom stereocenters. The Kier molecular flexibility index (Phi) is 13.6. The molecule has 0 amide bonds. The predicted molar refractivity (Wildman–Crippen MR) is 286 cm³/mol. The summed E-state index contributed by atoms with van der Waals surface area (Å²) in [5, 5.41) is 2.46. The average molecular weight is 853 g/mol. The van der Waals surface area contributed by atoms with E-state index in [1.165, 1.54) is 153 Å². The molecule has 10 rings (SSSR count). The summed E-state index contributed by atoms with van der Waals surface area (Å²) in [4.78, 5) is 0. The van der Waals surface area contributed by atoms with Crippen molar-refractivity contribution in [2.24, 2.45) is 0 Å². The highest BCUT2D eigenvalue weighted by Crippen LogP contribution is 2.37. The van der Waals surface area contributed by atoms with Crippen molar-refractivity contribution in [3.63, 3.8) is 0 Å². The van der Waals surface area contributed by atoms with Gasteiger partial charge in [0.25, 0.3) is 0 Å². The fourth-order valence-electron chi connectivity index (χ4n) is 10.5. The number of rotatable bonds is 12. The van der Waals surface area contributed by atoms with Gasteiger partial charge in [-0.1, -0.05) is 245 Å². The van der Waals surface area contributed by atoms with Crippen LogP contribution in [0.2, 0.25) is 0 Å². The topological polar surface area (TPSA) is 0 Å². The van der Waals surface area contributed by atoms with Gasteiger partial charge in [-0.15, -0.1) is 0 Å². The van der Waals surface area contributed by atoms with E-state index in [9.17, 15) is 0 Å². The van der Waals surface area contributed by atoms with E-state index < -0.39 is 0 Å². The molecular formula is C66H60. The van der Waals surface area contributed by atoms with Crippen molar-refractivity contribution >= 4 is 58.4 Å². The molecule has 0 heteroatoms. The summed E-state index contributed by atoms with van der Waals surface area (Å²) < 4.78 is 0. The van der Waals surface area contributed by atoms with Crippen molar-refractivity contribution in [3.8, 4) is 0 Å². The van der Waals surface area contributed by atoms with Crippen molar-refractivity contribution in [1.82, 2.24) is 0 Å². The SMILES string of the molecule is C(=Cc1ccccc1/C=C(/c1ccccc1)c1ccc(C2CCCCC2)cc1)c1cc2ccccc2cc1C=Cc1ccccc1/C=C(/c1ccccc1)c1ccc(C2CCCCC2)cc1. The molecule has 0 heterocycles. The molecule has 8 aromatic carbocycles. The molecule has 0 N–H and O–H groups in total. The molecule has 0 aliphatic heterocycles. The highest BCUT2D eigenvalue weighted by atomic mass is 14.2. The van der Waals surface area contributed by atoms with Gasteiger partial charge in [0.15, 0.2) is 0 Å². The second-order valence-electron chi connectivity index (χ2n) is 18.5. The molecule has 324 valence electrons. The Hall–Kier alpha value is -7.02. The average Bonchev–Trinajstić information content (AvgIpc) is 3.40. The van der Waals surface area contributed by atoms with Gasteiger partial charge in [0.1, 0.15) is 0 Å². The monoisotopic (exact) mass is 852 g/mol. The van der Waals surface area contributed by atoms with Gasteiger partial charge in [-0.3, -0.25) is 0 Å². The lowest BCUT2D eigenvalue weighted by molar-refractivity contribution is 0.443. The zero-order chi connectivity index (χ0) is 44.3. The predicted octanol–water partition coefficient (Wildman–Crippen LogP) is 18.5. The minimum absolute atomic E-state index is 0.690. The van der Waals surface area contributed by atoms with Gasteiger partial charge in [0.05, 0.1) is 0 Å². The summed E-state index contributed by atoms with van der Waals surface area (Å²) in [6.45, 7) is 0. The summed E-state index contributed by atoms with van der Waals surface area (Å²) in [7, 11) is 0. The van der Waals surface area contributed by atoms with Crippen LogP contribution in [0.4, 0.5) is 0 Å². The van der Waals surface area contributed by atoms with Crippen LogP contribution in [0.3, 0.4) is 0 Å². The zero-order valence-corrected chi connectivity index (χ0v) is 38.2. The van der Waals surface area contributed by atoms with Gasteiger partial charge < -0.3 is 0 Å². The third-order valence-corrected chi connectivity index (χ3v) is 14.2. The van der Waals surface area contributed by atoms with E-state index in [0.717, 1.165) is 0 Å². The lowest BCUT2D eigenvalue weighted by Crippen LogP contribution is -2.04. The largest absolute Gasteiger partial charge is 0.0622 e. The first-order valence-electron chi connectivity index (χ1n) is 24.5. The second kappa shape index (κ2) is 20.9. The number of hydrogen-bond donors (Lipinski definition) is 0. The van der Waals surface area contributed by atoms with Crippen molar-refractivity contribution < 1.29 is 0 Å². The van der Waals surface area contributed by atoms with Crippen LogP contribution in [0.25, 0.3) is 58.4 Å². The standard InChI is InChI=1S/C66H60/c1-5-19-49(20-6-1)53-33-39-57(40-34-53)65(55-25-9-3-10-26-55)47-61-31-15-13-23-51(61)37-43-63-45-59-29-17-18-30-60(59)46-64(63)44-38-52-24-14-16-32-62(52)48-66(56-27-11-4-12-28-56)58-41-35-54(36-42-58)50-21-7-2-8-22-50/h3-4,9-18,23-50H,1-2,5-8,19-22H2/b43-37?,44-38?,65-47-,66-48-. The molecule has 2 fully saturated rings. The molecule has 0 saturated heterocycles. The van der Waals surface area contributed by atoms with Gasteiger partial charge >= 0.3 is 0 Å². The normalized spacial score (nSPS) is 15.5. The Balaban J connectivity index is 0.988. The van der Waals surface area contributed by atoms with Crippen LogP contribution in [0.5, 0.6) is 0 Å². The first-order valence-corrected chi connectivity index (χ1v) is 24.5. The Bertz CT molecular complexity index is 2780. The lowest BCUT2D eigenvalue weighted by Gasteiger charge is -2.22. The molecule has 0 spiro atoms. The first-order chi connectivity index (χ1) is 32.7. The third-order valence-electron chi connectivity index (χ3n) is 14.2. The van der Waals surface area contributed by atoms with Gasteiger partial charge in [-0.05, 0) is 150 Å². The second-order valence-corrected chi connectivity index (χ2v) is 18.5. The molecule has 66 heavy (non-hydrogen) atoms. The van der Waals surface area contributed by atoms with Gasteiger partial charge in [0.2, 0.25) is 0 Å². The summed E-state index contributed by atoms with van der Waals surface area (Å²) in [6.07, 6.45) is 27.3. The third kappa shape index (κ3) is 10.3. The maximum atomic E-state index is 2.38. The maximum absolute atomic E-state index is 2.38. The van der Waals surface area contributed by atoms with Crippen LogP contribution in [0.1, 0.15) is 143 Å². The number of fused-ring (bicyclic) bond motifs is 1. The van der Waals surface area contributed by atoms with Crippen molar-refractivity contribution in [2.75, 3.05) is 0 Å². The zero-order valence-electron chi connectivity index (χ0n) is 38.2. The van der Waals surface area contributed by atoms with E-state index in [0.29, 0.717) is 11.8 Å². The molecule has 0 aromatic heterocycles. The fraction of sp³-hybridized carbons (Fsp3) is 0.182. The van der Waals surface area contributed by atoms with E-state index in [1.54, 1.807) is 0 Å². The van der Waals surface area contributed by atoms with Gasteiger partial charge in [0, 0.05) is 0 Å². The molecule has 2 saturated carbocycles. The van der Waals surface area contributed by atoms with Crippen LogP contribution >= 0.6 is 0 Å². The summed E-state index contributed by atoms with van der Waals surface area (Å²) >= 11 is 0. The quantitative estimate of drug-likeness (QED) is 0.107. The maximum Gasteiger partial charge on any atom is -0.0105 e. The lowest BCUT2D eigenvalue weighted by atomic mass is 9.83. The highest BCUT2D eigenvalue weighted by Gasteiger charge is 2.18. The van der Waals surface area contributed by atoms with Crippen LogP contribution < -0.4 is 0 Å². The Morgan fingerprint density at radius 1 is 0.288 bits per heavy atom. The molecule has 0 radical (unpaired) electrons. The number of hydrogen-bond acceptors (Lipinski definition) is 0. The molecule has 2 aliphatic carbocycles. The van der Waals surface area contributed by atoms with Crippen molar-refractivity contribution in [2.45, 2.75) is 76.0 Å². The van der Waals surface area contributed by atoms with Crippen molar-refractivity contribution in [1.29, 1.82) is 0 Å². The highest BCUT2D eigenvalue weighted by molar-refractivity contribution is 5.96. The molecule has 0 bridgehead atoms. The smallest absolute Gasteiger partial charge is 0.0105 e. The minimum atomic E-state index is 0.690. The molecule has 2 aliphatic rings. The van der Waals surface area contributed by atoms with Crippen molar-refractivity contribution in [3.05, 3.63) is 261 Å². The van der Waals surface area contributed by atoms with E-state index >= 15 is 0 Å². The Morgan fingerprint density at radius 3 is 1.00 bits per heavy atom. The van der Waals surface area contributed by atoms with E-state index in [1.807, 2.05) is 0 Å². The van der Waals surface area contributed by atoms with Gasteiger partial charge in [-0.2, -0.15) is 0 Å². The molecular weight excluding hydrogens is 793 g/mol. The minimum Gasteiger partial charge on any atom is -0.0622 e. The fourth-order valence-corrected chi connectivity index (χ4v) is 10.5. The Morgan fingerprint density at radius 2 is 0.606 bits per heavy atom. The van der Waals surface area contributed by atoms with E-state index in [4.69, 9.17) is 0 Å². The number of benzene rings is 8. The van der Waals surface area contributed by atoms with E-state index in [2.05, 4.69) is 231 Å². The van der Waals surface area contributed by atoms with Crippen LogP contribution in [0.15, 0.2) is 194 Å². The van der Waals surface area contributed by atoms with Gasteiger partial charge in [-0.25, -0.2) is 0 Å². The summed E-state index contributed by atoms with van der Waals surface area (Å²) in [5.41, 5.74) is 17.5. The first kappa shape index (κ1) is 42.9. The van der Waals surface area contributed by atoms with E-state index in [-0.39, 0.29) is 0 Å². The van der Waals surface area contributed by atoms with Crippen LogP contribution in [-0.4, -0.2) is 0 Å². The molecule has 8 aromatic rings. The van der Waals surface area contributed by atoms with Crippen LogP contribution in [0, 0.1) is 0 Å². The summed E-state index contributed by atoms with van der Waals surface area (Å²) in [6, 6.07) is 71.6. The molecule has 0 nitrogen and oxygen atoms in total. The molecule has 0 atom stereocenters. The summed E-state index contributed by atoms with van der Waals surface area (Å²) in [5.74, 6) is 1.38. The Labute approximate surface area is 393 Å².